The first kappa shape index (κ1) is 13.4. The summed E-state index contributed by atoms with van der Waals surface area (Å²) < 4.78 is 6.19. The second-order valence-electron chi connectivity index (χ2n) is 5.68. The van der Waals surface area contributed by atoms with Gasteiger partial charge in [0.1, 0.15) is 5.75 Å². The van der Waals surface area contributed by atoms with Gasteiger partial charge in [-0.1, -0.05) is 6.07 Å². The summed E-state index contributed by atoms with van der Waals surface area (Å²) in [5.74, 6) is 1.86. The highest BCUT2D eigenvalue weighted by Gasteiger charge is 2.25. The van der Waals surface area contributed by atoms with Gasteiger partial charge in [0.25, 0.3) is 0 Å². The molecule has 18 heavy (non-hydrogen) atoms. The third-order valence-corrected chi connectivity index (χ3v) is 4.07. The van der Waals surface area contributed by atoms with Gasteiger partial charge in [0.05, 0.1) is 6.10 Å². The van der Waals surface area contributed by atoms with Crippen molar-refractivity contribution in [2.75, 3.05) is 13.6 Å². The maximum absolute atomic E-state index is 6.19. The lowest BCUT2D eigenvalue weighted by Gasteiger charge is -2.17. The van der Waals surface area contributed by atoms with Crippen molar-refractivity contribution >= 4 is 0 Å². The Kier molecular flexibility index (Phi) is 4.28. The number of ether oxygens (including phenoxy) is 1. The molecule has 2 heteroatoms. The fourth-order valence-corrected chi connectivity index (χ4v) is 2.85. The van der Waals surface area contributed by atoms with E-state index in [1.807, 2.05) is 7.05 Å². The molecule has 1 saturated carbocycles. The summed E-state index contributed by atoms with van der Waals surface area (Å²) in [4.78, 5) is 0. The summed E-state index contributed by atoms with van der Waals surface area (Å²) in [6, 6.07) is 4.42. The fraction of sp³-hybridized carbons (Fsp3) is 0.625. The Hall–Kier alpha value is -1.02. The second-order valence-corrected chi connectivity index (χ2v) is 5.68. The molecule has 2 unspecified atom stereocenters. The van der Waals surface area contributed by atoms with E-state index in [0.717, 1.165) is 18.2 Å². The van der Waals surface area contributed by atoms with E-state index in [4.69, 9.17) is 4.74 Å². The largest absolute Gasteiger partial charge is 0.490 e. The van der Waals surface area contributed by atoms with Crippen molar-refractivity contribution in [1.82, 2.24) is 5.32 Å². The summed E-state index contributed by atoms with van der Waals surface area (Å²) in [5, 5.41) is 3.27. The standard InChI is InChI=1S/C16H25NO/c1-11-7-13(3)16(8-12(11)2)18-15-6-5-14(9-15)10-17-4/h7-8,14-15,17H,5-6,9-10H2,1-4H3. The zero-order chi connectivity index (χ0) is 13.1. The molecule has 1 N–H and O–H groups in total. The summed E-state index contributed by atoms with van der Waals surface area (Å²) in [6.07, 6.45) is 4.07. The molecule has 1 fully saturated rings. The van der Waals surface area contributed by atoms with E-state index in [9.17, 15) is 0 Å². The highest BCUT2D eigenvalue weighted by molar-refractivity contribution is 5.41. The van der Waals surface area contributed by atoms with Crippen molar-refractivity contribution in [3.63, 3.8) is 0 Å². The van der Waals surface area contributed by atoms with E-state index in [1.165, 1.54) is 36.0 Å². The summed E-state index contributed by atoms with van der Waals surface area (Å²) >= 11 is 0. The van der Waals surface area contributed by atoms with Crippen LogP contribution in [0, 0.1) is 26.7 Å². The molecule has 1 aromatic rings. The van der Waals surface area contributed by atoms with E-state index in [1.54, 1.807) is 0 Å². The lowest BCUT2D eigenvalue weighted by Crippen LogP contribution is -2.19. The third-order valence-electron chi connectivity index (χ3n) is 4.07. The van der Waals surface area contributed by atoms with Gasteiger partial charge in [-0.15, -0.1) is 0 Å². The molecule has 0 heterocycles. The van der Waals surface area contributed by atoms with Gasteiger partial charge in [-0.2, -0.15) is 0 Å². The Labute approximate surface area is 111 Å². The van der Waals surface area contributed by atoms with Gasteiger partial charge in [-0.05, 0) is 82.3 Å². The molecular formula is C16H25NO. The molecule has 1 aliphatic carbocycles. The van der Waals surface area contributed by atoms with Gasteiger partial charge in [0.2, 0.25) is 0 Å². The van der Waals surface area contributed by atoms with E-state index >= 15 is 0 Å². The van der Waals surface area contributed by atoms with E-state index in [0.29, 0.717) is 6.10 Å². The monoisotopic (exact) mass is 247 g/mol. The Balaban J connectivity index is 2.00. The van der Waals surface area contributed by atoms with Crippen LogP contribution in [0.25, 0.3) is 0 Å². The van der Waals surface area contributed by atoms with Crippen LogP contribution in [-0.4, -0.2) is 19.7 Å². The molecule has 1 aromatic carbocycles. The first-order chi connectivity index (χ1) is 8.60. The van der Waals surface area contributed by atoms with Crippen LogP contribution in [0.3, 0.4) is 0 Å². The molecular weight excluding hydrogens is 222 g/mol. The predicted molar refractivity (Wildman–Crippen MR) is 76.3 cm³/mol. The number of benzene rings is 1. The lowest BCUT2D eigenvalue weighted by molar-refractivity contribution is 0.202. The highest BCUT2D eigenvalue weighted by Crippen LogP contribution is 2.31. The van der Waals surface area contributed by atoms with E-state index in [-0.39, 0.29) is 0 Å². The van der Waals surface area contributed by atoms with Crippen LogP contribution in [0.4, 0.5) is 0 Å². The molecule has 2 atom stereocenters. The molecule has 1 aliphatic rings. The Morgan fingerprint density at radius 1 is 1.11 bits per heavy atom. The average molecular weight is 247 g/mol. The maximum atomic E-state index is 6.19. The van der Waals surface area contributed by atoms with Crippen LogP contribution in [0.1, 0.15) is 36.0 Å². The summed E-state index contributed by atoms with van der Waals surface area (Å²) in [5.41, 5.74) is 3.93. The number of hydrogen-bond donors (Lipinski definition) is 1. The molecule has 0 amide bonds. The summed E-state index contributed by atoms with van der Waals surface area (Å²) in [7, 11) is 2.03. The van der Waals surface area contributed by atoms with Gasteiger partial charge in [-0.3, -0.25) is 0 Å². The van der Waals surface area contributed by atoms with Gasteiger partial charge in [0, 0.05) is 0 Å². The van der Waals surface area contributed by atoms with E-state index in [2.05, 4.69) is 38.2 Å². The normalized spacial score (nSPS) is 23.3. The first-order valence-corrected chi connectivity index (χ1v) is 6.99. The highest BCUT2D eigenvalue weighted by atomic mass is 16.5. The summed E-state index contributed by atoms with van der Waals surface area (Å²) in [6.45, 7) is 7.57. The van der Waals surface area contributed by atoms with Gasteiger partial charge in [-0.25, -0.2) is 0 Å². The zero-order valence-corrected chi connectivity index (χ0v) is 12.0. The number of nitrogens with one attached hydrogen (secondary N) is 1. The van der Waals surface area contributed by atoms with Crippen LogP contribution < -0.4 is 10.1 Å². The van der Waals surface area contributed by atoms with Crippen molar-refractivity contribution in [2.45, 2.75) is 46.1 Å². The number of hydrogen-bond acceptors (Lipinski definition) is 2. The molecule has 100 valence electrons. The van der Waals surface area contributed by atoms with Crippen LogP contribution in [0.15, 0.2) is 12.1 Å². The Morgan fingerprint density at radius 2 is 1.83 bits per heavy atom. The van der Waals surface area contributed by atoms with Crippen molar-refractivity contribution in [1.29, 1.82) is 0 Å². The first-order valence-electron chi connectivity index (χ1n) is 6.99. The minimum Gasteiger partial charge on any atom is -0.490 e. The van der Waals surface area contributed by atoms with Crippen molar-refractivity contribution in [3.05, 3.63) is 28.8 Å². The van der Waals surface area contributed by atoms with Crippen LogP contribution in [0.5, 0.6) is 5.75 Å². The topological polar surface area (TPSA) is 21.3 Å². The molecule has 2 rings (SSSR count). The van der Waals surface area contributed by atoms with Crippen LogP contribution in [-0.2, 0) is 0 Å². The second kappa shape index (κ2) is 5.75. The van der Waals surface area contributed by atoms with Crippen molar-refractivity contribution < 1.29 is 4.74 Å². The maximum Gasteiger partial charge on any atom is 0.122 e. The molecule has 0 aromatic heterocycles. The van der Waals surface area contributed by atoms with Crippen LogP contribution >= 0.6 is 0 Å². The quantitative estimate of drug-likeness (QED) is 0.880. The molecule has 2 nitrogen and oxygen atoms in total. The number of aryl methyl sites for hydroxylation is 3. The van der Waals surface area contributed by atoms with Crippen molar-refractivity contribution in [3.8, 4) is 5.75 Å². The minimum absolute atomic E-state index is 0.407. The average Bonchev–Trinajstić information content (AvgIpc) is 2.74. The SMILES string of the molecule is CNCC1CCC(Oc2cc(C)c(C)cc2C)C1. The van der Waals surface area contributed by atoms with Gasteiger partial charge >= 0.3 is 0 Å². The van der Waals surface area contributed by atoms with Crippen molar-refractivity contribution in [2.24, 2.45) is 5.92 Å². The zero-order valence-electron chi connectivity index (χ0n) is 12.0. The smallest absolute Gasteiger partial charge is 0.122 e. The predicted octanol–water partition coefficient (Wildman–Crippen LogP) is 3.38. The van der Waals surface area contributed by atoms with Gasteiger partial charge in [0.15, 0.2) is 0 Å². The fourth-order valence-electron chi connectivity index (χ4n) is 2.85. The molecule has 0 bridgehead atoms. The lowest BCUT2D eigenvalue weighted by atomic mass is 10.1. The van der Waals surface area contributed by atoms with Crippen LogP contribution in [0.2, 0.25) is 0 Å². The molecule has 0 aliphatic heterocycles. The molecule has 0 radical (unpaired) electrons. The molecule has 0 spiro atoms. The minimum atomic E-state index is 0.407. The van der Waals surface area contributed by atoms with E-state index < -0.39 is 0 Å². The van der Waals surface area contributed by atoms with Gasteiger partial charge < -0.3 is 10.1 Å². The Bertz CT molecular complexity index is 414. The Morgan fingerprint density at radius 3 is 2.56 bits per heavy atom. The molecule has 0 saturated heterocycles. The third kappa shape index (κ3) is 3.05. The number of rotatable bonds is 4.